The van der Waals surface area contributed by atoms with E-state index in [0.717, 1.165) is 109 Å². The van der Waals surface area contributed by atoms with Gasteiger partial charge in [0.2, 0.25) is 0 Å². The minimum atomic E-state index is -0.820. The van der Waals surface area contributed by atoms with Crippen LogP contribution in [0.15, 0.2) is 134 Å². The lowest BCUT2D eigenvalue weighted by molar-refractivity contribution is -0.166. The van der Waals surface area contributed by atoms with Crippen molar-refractivity contribution < 1.29 is 28.6 Å². The molecule has 466 valence electrons. The van der Waals surface area contributed by atoms with Crippen LogP contribution in [-0.4, -0.2) is 37.2 Å². The van der Waals surface area contributed by atoms with Crippen molar-refractivity contribution in [1.82, 2.24) is 0 Å². The standard InChI is InChI=1S/C76H126O6/c1-4-7-10-13-16-19-22-25-28-30-31-32-33-34-35-36-37-38-39-40-41-42-43-44-45-46-49-51-54-57-60-63-66-69-75(78)81-72-73(71-80-74(77)68-65-62-59-56-53-50-47-27-24-21-18-15-12-9-6-3)82-76(79)70-67-64-61-58-55-52-48-29-26-23-20-17-14-11-8-5-2/h7,9-10,12,16,18-19,21,25,27-28,31-32,34-35,37-38,47,53,56,62,65,73H,4-6,8,11,13-15,17,20,22-24,26,29-30,33,36,39-46,48-52,54-55,57-61,63-64,66-72H2,1-3H3/b10-7-,12-9-,19-16-,21-18-,28-25-,32-31-,35-34-,38-37-,47-27-,56-53-,65-62-. The Labute approximate surface area is 506 Å². The van der Waals surface area contributed by atoms with E-state index >= 15 is 0 Å². The molecule has 0 bridgehead atoms. The van der Waals surface area contributed by atoms with Gasteiger partial charge in [-0.05, 0) is 96.3 Å². The van der Waals surface area contributed by atoms with Crippen molar-refractivity contribution >= 4 is 17.9 Å². The SMILES string of the molecule is CC/C=C\C/C=C\C/C=C\C/C=C\C/C=C\C/C=C\CCCCCCCCCCCCCCCCC(=O)OCC(COC(=O)C/C=C\C/C=C\C/C=C\C/C=C\C/C=C\CC)OC(=O)CCCCCCCCCCCCCCCCCC. The van der Waals surface area contributed by atoms with Crippen molar-refractivity contribution in [3.63, 3.8) is 0 Å². The number of unbranched alkanes of at least 4 members (excludes halogenated alkanes) is 29. The molecule has 0 rings (SSSR count). The molecule has 0 aliphatic carbocycles. The lowest BCUT2D eigenvalue weighted by Gasteiger charge is -2.18. The van der Waals surface area contributed by atoms with Gasteiger partial charge in [0.15, 0.2) is 6.10 Å². The van der Waals surface area contributed by atoms with Crippen LogP contribution in [0.25, 0.3) is 0 Å². The third-order valence-electron chi connectivity index (χ3n) is 14.4. The Balaban J connectivity index is 4.28. The number of carbonyl (C=O) groups excluding carboxylic acids is 3. The van der Waals surface area contributed by atoms with Gasteiger partial charge < -0.3 is 14.2 Å². The molecule has 0 radical (unpaired) electrons. The molecule has 0 aromatic rings. The topological polar surface area (TPSA) is 78.9 Å². The molecule has 1 atom stereocenters. The molecule has 0 aromatic carbocycles. The Kier molecular flexibility index (Phi) is 65.3. The zero-order valence-electron chi connectivity index (χ0n) is 53.5. The number of hydrogen-bond acceptors (Lipinski definition) is 6. The Morgan fingerprint density at radius 2 is 0.524 bits per heavy atom. The summed E-state index contributed by atoms with van der Waals surface area (Å²) in [6.45, 7) is 6.35. The van der Waals surface area contributed by atoms with Crippen molar-refractivity contribution in [1.29, 1.82) is 0 Å². The van der Waals surface area contributed by atoms with E-state index in [4.69, 9.17) is 14.2 Å². The van der Waals surface area contributed by atoms with Crippen LogP contribution in [0.2, 0.25) is 0 Å². The fourth-order valence-corrected chi connectivity index (χ4v) is 9.40. The summed E-state index contributed by atoms with van der Waals surface area (Å²) >= 11 is 0. The molecule has 0 fully saturated rings. The average Bonchev–Trinajstić information content (AvgIpc) is 3.47. The second-order valence-corrected chi connectivity index (χ2v) is 22.3. The largest absolute Gasteiger partial charge is 0.462 e. The summed E-state index contributed by atoms with van der Waals surface area (Å²) in [6.07, 6.45) is 97.9. The molecule has 1 unspecified atom stereocenters. The van der Waals surface area contributed by atoms with Crippen LogP contribution in [0.3, 0.4) is 0 Å². The normalized spacial score (nSPS) is 13.0. The van der Waals surface area contributed by atoms with E-state index in [-0.39, 0.29) is 31.6 Å². The molecule has 0 saturated carbocycles. The first-order valence-electron chi connectivity index (χ1n) is 34.2. The van der Waals surface area contributed by atoms with Gasteiger partial charge in [-0.3, -0.25) is 14.4 Å². The molecular formula is C76H126O6. The summed E-state index contributed by atoms with van der Waals surface area (Å²) in [4.78, 5) is 38.3. The smallest absolute Gasteiger partial charge is 0.309 e. The molecule has 0 N–H and O–H groups in total. The minimum absolute atomic E-state index is 0.108. The van der Waals surface area contributed by atoms with Gasteiger partial charge in [0.05, 0.1) is 6.42 Å². The van der Waals surface area contributed by atoms with Crippen LogP contribution < -0.4 is 0 Å². The molecule has 82 heavy (non-hydrogen) atoms. The second kappa shape index (κ2) is 69.0. The van der Waals surface area contributed by atoms with Gasteiger partial charge >= 0.3 is 17.9 Å². The average molecular weight is 1140 g/mol. The van der Waals surface area contributed by atoms with Crippen molar-refractivity contribution in [3.8, 4) is 0 Å². The van der Waals surface area contributed by atoms with Crippen molar-refractivity contribution in [2.75, 3.05) is 13.2 Å². The van der Waals surface area contributed by atoms with Crippen molar-refractivity contribution in [2.24, 2.45) is 0 Å². The molecule has 0 saturated heterocycles. The summed E-state index contributed by atoms with van der Waals surface area (Å²) in [5.74, 6) is -1.03. The van der Waals surface area contributed by atoms with Crippen LogP contribution in [-0.2, 0) is 28.6 Å². The van der Waals surface area contributed by atoms with Crippen LogP contribution in [0, 0.1) is 0 Å². The summed E-state index contributed by atoms with van der Waals surface area (Å²) in [5, 5.41) is 0. The van der Waals surface area contributed by atoms with E-state index in [1.165, 1.54) is 161 Å². The lowest BCUT2D eigenvalue weighted by Crippen LogP contribution is -2.30. The Morgan fingerprint density at radius 1 is 0.268 bits per heavy atom. The summed E-state index contributed by atoms with van der Waals surface area (Å²) < 4.78 is 16.8. The highest BCUT2D eigenvalue weighted by atomic mass is 16.6. The first-order chi connectivity index (χ1) is 40.5. The lowest BCUT2D eigenvalue weighted by atomic mass is 10.0. The van der Waals surface area contributed by atoms with E-state index in [0.29, 0.717) is 12.8 Å². The van der Waals surface area contributed by atoms with E-state index in [1.807, 2.05) is 6.08 Å². The maximum Gasteiger partial charge on any atom is 0.309 e. The maximum atomic E-state index is 12.9. The first kappa shape index (κ1) is 77.5. The van der Waals surface area contributed by atoms with E-state index in [9.17, 15) is 14.4 Å². The highest BCUT2D eigenvalue weighted by molar-refractivity contribution is 5.72. The van der Waals surface area contributed by atoms with Crippen molar-refractivity contribution in [2.45, 2.75) is 316 Å². The molecule has 6 heteroatoms. The number of carbonyl (C=O) groups is 3. The third kappa shape index (κ3) is 66.4. The molecule has 0 aromatic heterocycles. The van der Waals surface area contributed by atoms with Gasteiger partial charge in [-0.1, -0.05) is 328 Å². The Morgan fingerprint density at radius 3 is 0.854 bits per heavy atom. The quantitative estimate of drug-likeness (QED) is 0.0261. The van der Waals surface area contributed by atoms with E-state index in [1.54, 1.807) is 6.08 Å². The highest BCUT2D eigenvalue weighted by Crippen LogP contribution is 2.17. The zero-order chi connectivity index (χ0) is 59.2. The maximum absolute atomic E-state index is 12.9. The predicted molar refractivity (Wildman–Crippen MR) is 357 cm³/mol. The zero-order valence-corrected chi connectivity index (χ0v) is 53.5. The second-order valence-electron chi connectivity index (χ2n) is 22.3. The third-order valence-corrected chi connectivity index (χ3v) is 14.4. The first-order valence-corrected chi connectivity index (χ1v) is 34.2. The van der Waals surface area contributed by atoms with Gasteiger partial charge in [0.1, 0.15) is 13.2 Å². The van der Waals surface area contributed by atoms with E-state index in [2.05, 4.69) is 142 Å². The summed E-state index contributed by atoms with van der Waals surface area (Å²) in [5.41, 5.74) is 0. The monoisotopic (exact) mass is 1130 g/mol. The number of allylic oxidation sites excluding steroid dienone is 21. The Hall–Kier alpha value is -4.45. The highest BCUT2D eigenvalue weighted by Gasteiger charge is 2.19. The number of esters is 3. The molecule has 6 nitrogen and oxygen atoms in total. The number of rotatable bonds is 61. The number of hydrogen-bond donors (Lipinski definition) is 0. The van der Waals surface area contributed by atoms with E-state index < -0.39 is 12.1 Å². The fourth-order valence-electron chi connectivity index (χ4n) is 9.40. The molecule has 0 aliphatic heterocycles. The fraction of sp³-hybridized carbons (Fsp3) is 0.671. The van der Waals surface area contributed by atoms with Crippen LogP contribution in [0.1, 0.15) is 310 Å². The predicted octanol–water partition coefficient (Wildman–Crippen LogP) is 23.7. The summed E-state index contributed by atoms with van der Waals surface area (Å²) in [6, 6.07) is 0. The van der Waals surface area contributed by atoms with Crippen LogP contribution in [0.4, 0.5) is 0 Å². The molecule has 0 spiro atoms. The Bertz CT molecular complexity index is 1730. The minimum Gasteiger partial charge on any atom is -0.462 e. The number of ether oxygens (including phenoxy) is 3. The molecule has 0 amide bonds. The van der Waals surface area contributed by atoms with Gasteiger partial charge in [-0.25, -0.2) is 0 Å². The molecule has 0 heterocycles. The van der Waals surface area contributed by atoms with Gasteiger partial charge in [0.25, 0.3) is 0 Å². The van der Waals surface area contributed by atoms with Gasteiger partial charge in [-0.15, -0.1) is 0 Å². The molecule has 0 aliphatic rings. The van der Waals surface area contributed by atoms with Crippen molar-refractivity contribution in [3.05, 3.63) is 134 Å². The van der Waals surface area contributed by atoms with Crippen LogP contribution >= 0.6 is 0 Å². The summed E-state index contributed by atoms with van der Waals surface area (Å²) in [7, 11) is 0. The molecular weight excluding hydrogens is 1010 g/mol. The van der Waals surface area contributed by atoms with Crippen LogP contribution in [0.5, 0.6) is 0 Å². The van der Waals surface area contributed by atoms with Gasteiger partial charge in [0, 0.05) is 12.8 Å². The van der Waals surface area contributed by atoms with Gasteiger partial charge in [-0.2, -0.15) is 0 Å².